The van der Waals surface area contributed by atoms with Crippen molar-refractivity contribution in [1.29, 1.82) is 0 Å². The lowest BCUT2D eigenvalue weighted by Crippen LogP contribution is -2.11. The van der Waals surface area contributed by atoms with Crippen LogP contribution in [0.5, 0.6) is 0 Å². The molecule has 3 rings (SSSR count). The fourth-order valence-corrected chi connectivity index (χ4v) is 4.23. The molecule has 120 valence electrons. The predicted molar refractivity (Wildman–Crippen MR) is 93.8 cm³/mol. The molecule has 0 saturated heterocycles. The first kappa shape index (κ1) is 16.1. The van der Waals surface area contributed by atoms with E-state index >= 15 is 0 Å². The van der Waals surface area contributed by atoms with E-state index in [9.17, 15) is 8.42 Å². The number of primary sulfonamides is 1. The molecule has 2 heterocycles. The third-order valence-electron chi connectivity index (χ3n) is 3.08. The largest absolute Gasteiger partial charge is 0.307 e. The predicted octanol–water partition coefficient (Wildman–Crippen LogP) is 3.27. The molecular formula is C14H14N4O2S3. The number of nitrogens with one attached hydrogen (secondary N) is 1. The molecule has 3 aromatic rings. The van der Waals surface area contributed by atoms with E-state index in [-0.39, 0.29) is 4.90 Å². The van der Waals surface area contributed by atoms with Crippen LogP contribution < -0.4 is 10.5 Å². The highest BCUT2D eigenvalue weighted by Crippen LogP contribution is 2.35. The molecule has 23 heavy (non-hydrogen) atoms. The van der Waals surface area contributed by atoms with Crippen molar-refractivity contribution in [2.24, 2.45) is 5.14 Å². The maximum atomic E-state index is 11.3. The Labute approximate surface area is 142 Å². The van der Waals surface area contributed by atoms with E-state index in [0.717, 1.165) is 31.3 Å². The highest BCUT2D eigenvalue weighted by atomic mass is 32.2. The topological polar surface area (TPSA) is 98.0 Å². The maximum absolute atomic E-state index is 11.3. The monoisotopic (exact) mass is 366 g/mol. The molecule has 0 aliphatic heterocycles. The number of hydrogen-bond donors (Lipinski definition) is 2. The molecule has 9 heteroatoms. The second-order valence-corrected chi connectivity index (χ2v) is 8.70. The van der Waals surface area contributed by atoms with Crippen molar-refractivity contribution >= 4 is 43.0 Å². The van der Waals surface area contributed by atoms with E-state index in [1.165, 1.54) is 23.5 Å². The molecular weight excluding hydrogens is 352 g/mol. The molecule has 0 atom stereocenters. The van der Waals surface area contributed by atoms with Gasteiger partial charge >= 0.3 is 0 Å². The number of nitrogens with zero attached hydrogens (tertiary/aromatic N) is 2. The second kappa shape index (κ2) is 6.00. The van der Waals surface area contributed by atoms with Gasteiger partial charge in [-0.3, -0.25) is 0 Å². The van der Waals surface area contributed by atoms with Crippen molar-refractivity contribution < 1.29 is 8.42 Å². The van der Waals surface area contributed by atoms with Crippen LogP contribution in [-0.4, -0.2) is 18.4 Å². The fourth-order valence-electron chi connectivity index (χ4n) is 2.02. The van der Waals surface area contributed by atoms with Gasteiger partial charge in [-0.15, -0.1) is 11.3 Å². The Morgan fingerprint density at radius 2 is 1.78 bits per heavy atom. The van der Waals surface area contributed by atoms with Gasteiger partial charge in [0.05, 0.1) is 15.5 Å². The first-order chi connectivity index (χ1) is 10.8. The smallest absolute Gasteiger partial charge is 0.238 e. The van der Waals surface area contributed by atoms with Crippen LogP contribution in [0.2, 0.25) is 0 Å². The Kier molecular flexibility index (Phi) is 4.19. The third-order valence-corrected chi connectivity index (χ3v) is 5.96. The average molecular weight is 366 g/mol. The molecule has 0 amide bonds. The molecule has 3 N–H and O–H groups in total. The van der Waals surface area contributed by atoms with Crippen LogP contribution in [0.15, 0.2) is 35.4 Å². The minimum absolute atomic E-state index is 0.0972. The van der Waals surface area contributed by atoms with Crippen molar-refractivity contribution in [3.8, 4) is 10.4 Å². The van der Waals surface area contributed by atoms with Crippen LogP contribution >= 0.6 is 22.7 Å². The number of hydrogen-bond acceptors (Lipinski definition) is 7. The van der Waals surface area contributed by atoms with Gasteiger partial charge in [0.25, 0.3) is 0 Å². The summed E-state index contributed by atoms with van der Waals surface area (Å²) in [5.74, 6) is 0. The van der Waals surface area contributed by atoms with Crippen molar-refractivity contribution in [2.45, 2.75) is 18.7 Å². The van der Waals surface area contributed by atoms with Gasteiger partial charge in [0, 0.05) is 11.1 Å². The SMILES string of the molecule is Cc1cnc(Nc2nc(C)c(-c3ccc(S(N)(=O)=O)cc3)s2)s1. The summed E-state index contributed by atoms with van der Waals surface area (Å²) in [4.78, 5) is 10.9. The molecule has 0 fully saturated rings. The van der Waals surface area contributed by atoms with Crippen LogP contribution in [0, 0.1) is 13.8 Å². The van der Waals surface area contributed by atoms with E-state index in [4.69, 9.17) is 5.14 Å². The number of sulfonamides is 1. The lowest BCUT2D eigenvalue weighted by atomic mass is 10.2. The fraction of sp³-hybridized carbons (Fsp3) is 0.143. The molecule has 2 aromatic heterocycles. The summed E-state index contributed by atoms with van der Waals surface area (Å²) in [6.07, 6.45) is 1.81. The van der Waals surface area contributed by atoms with E-state index in [1.807, 2.05) is 13.8 Å². The van der Waals surface area contributed by atoms with Crippen LogP contribution in [0.3, 0.4) is 0 Å². The van der Waals surface area contributed by atoms with E-state index in [1.54, 1.807) is 29.7 Å². The quantitative estimate of drug-likeness (QED) is 0.738. The van der Waals surface area contributed by atoms with E-state index in [0.29, 0.717) is 0 Å². The molecule has 0 aliphatic carbocycles. The minimum Gasteiger partial charge on any atom is -0.307 e. The van der Waals surface area contributed by atoms with Crippen molar-refractivity contribution in [2.75, 3.05) is 5.32 Å². The molecule has 0 aliphatic rings. The molecule has 0 radical (unpaired) electrons. The summed E-state index contributed by atoms with van der Waals surface area (Å²) < 4.78 is 22.6. The standard InChI is InChI=1S/C14H14N4O2S3/c1-8-7-16-13(21-8)18-14-17-9(2)12(22-14)10-3-5-11(6-4-10)23(15,19)20/h3-7H,1-2H3,(H2,15,19,20)(H,16,17,18). The lowest BCUT2D eigenvalue weighted by molar-refractivity contribution is 0.598. The Morgan fingerprint density at radius 1 is 1.09 bits per heavy atom. The lowest BCUT2D eigenvalue weighted by Gasteiger charge is -2.01. The number of thiazole rings is 2. The number of nitrogens with two attached hydrogens (primary N) is 1. The normalized spacial score (nSPS) is 11.6. The number of anilines is 2. The van der Waals surface area contributed by atoms with Gasteiger partial charge in [0.15, 0.2) is 10.3 Å². The summed E-state index contributed by atoms with van der Waals surface area (Å²) in [6.45, 7) is 3.91. The molecule has 0 spiro atoms. The summed E-state index contributed by atoms with van der Waals surface area (Å²) in [6, 6.07) is 6.47. The second-order valence-electron chi connectivity index (χ2n) is 4.90. The van der Waals surface area contributed by atoms with Crippen molar-refractivity contribution in [1.82, 2.24) is 9.97 Å². The third kappa shape index (κ3) is 3.58. The first-order valence-electron chi connectivity index (χ1n) is 6.63. The number of aryl methyl sites for hydroxylation is 2. The molecule has 1 aromatic carbocycles. The van der Waals surface area contributed by atoms with Gasteiger partial charge in [-0.1, -0.05) is 23.5 Å². The Balaban J connectivity index is 1.88. The number of benzene rings is 1. The van der Waals surface area contributed by atoms with Crippen LogP contribution in [0.4, 0.5) is 10.3 Å². The van der Waals surface area contributed by atoms with Gasteiger partial charge in [-0.25, -0.2) is 23.5 Å². The van der Waals surface area contributed by atoms with Crippen molar-refractivity contribution in [3.05, 3.63) is 41.0 Å². The van der Waals surface area contributed by atoms with Crippen molar-refractivity contribution in [3.63, 3.8) is 0 Å². The maximum Gasteiger partial charge on any atom is 0.238 e. The number of aromatic nitrogens is 2. The highest BCUT2D eigenvalue weighted by molar-refractivity contribution is 7.89. The zero-order valence-electron chi connectivity index (χ0n) is 12.4. The zero-order valence-corrected chi connectivity index (χ0v) is 14.8. The van der Waals surface area contributed by atoms with E-state index in [2.05, 4.69) is 15.3 Å². The Morgan fingerprint density at radius 3 is 2.35 bits per heavy atom. The zero-order chi connectivity index (χ0) is 16.6. The Hall–Kier alpha value is -1.81. The van der Waals surface area contributed by atoms with Crippen LogP contribution in [0.25, 0.3) is 10.4 Å². The highest BCUT2D eigenvalue weighted by Gasteiger charge is 2.13. The van der Waals surface area contributed by atoms with Gasteiger partial charge in [0.1, 0.15) is 0 Å². The molecule has 0 saturated carbocycles. The molecule has 0 bridgehead atoms. The summed E-state index contributed by atoms with van der Waals surface area (Å²) >= 11 is 3.06. The van der Waals surface area contributed by atoms with Crippen LogP contribution in [0.1, 0.15) is 10.6 Å². The van der Waals surface area contributed by atoms with Gasteiger partial charge in [-0.2, -0.15) is 0 Å². The van der Waals surface area contributed by atoms with Gasteiger partial charge in [-0.05, 0) is 31.5 Å². The van der Waals surface area contributed by atoms with Crippen LogP contribution in [-0.2, 0) is 10.0 Å². The first-order valence-corrected chi connectivity index (χ1v) is 9.81. The van der Waals surface area contributed by atoms with Gasteiger partial charge in [0.2, 0.25) is 10.0 Å². The summed E-state index contributed by atoms with van der Waals surface area (Å²) in [5.41, 5.74) is 1.77. The minimum atomic E-state index is -3.68. The molecule has 6 nitrogen and oxygen atoms in total. The average Bonchev–Trinajstić information content (AvgIpc) is 3.04. The summed E-state index contributed by atoms with van der Waals surface area (Å²) in [7, 11) is -3.68. The van der Waals surface area contributed by atoms with E-state index < -0.39 is 10.0 Å². The molecule has 0 unspecified atom stereocenters. The Bertz CT molecular complexity index is 943. The summed E-state index contributed by atoms with van der Waals surface area (Å²) in [5, 5.41) is 9.86. The van der Waals surface area contributed by atoms with Gasteiger partial charge < -0.3 is 5.32 Å². The number of rotatable bonds is 4.